The quantitative estimate of drug-likeness (QED) is 0.796. The van der Waals surface area contributed by atoms with Crippen molar-refractivity contribution in [3.05, 3.63) is 33.2 Å². The lowest BCUT2D eigenvalue weighted by Crippen LogP contribution is -2.37. The molecular weight excluding hydrogens is 357 g/mol. The molecule has 140 valence electrons. The second kappa shape index (κ2) is 8.25. The zero-order valence-corrected chi connectivity index (χ0v) is 14.9. The minimum absolute atomic E-state index is 0.352. The van der Waals surface area contributed by atoms with Gasteiger partial charge in [0.1, 0.15) is 11.6 Å². The standard InChI is InChI=1S/C17H22ClF3N2O2/c1-2-4-12-5-3-7-22(8-6-12)15(24)11-23-10-13(17(19,20)21)9-14(18)16(23)25/h9-10,12H,2-8,11H2,1H3/t12-/m0/s1. The summed E-state index contributed by atoms with van der Waals surface area (Å²) in [5.41, 5.74) is -1.83. The minimum atomic E-state index is -4.63. The van der Waals surface area contributed by atoms with Gasteiger partial charge in [-0.3, -0.25) is 9.59 Å². The zero-order chi connectivity index (χ0) is 18.6. The minimum Gasteiger partial charge on any atom is -0.341 e. The van der Waals surface area contributed by atoms with E-state index < -0.39 is 28.9 Å². The van der Waals surface area contributed by atoms with Gasteiger partial charge in [0.15, 0.2) is 0 Å². The molecule has 1 atom stereocenters. The van der Waals surface area contributed by atoms with Crippen molar-refractivity contribution < 1.29 is 18.0 Å². The summed E-state index contributed by atoms with van der Waals surface area (Å²) < 4.78 is 39.4. The van der Waals surface area contributed by atoms with E-state index in [1.165, 1.54) is 0 Å². The van der Waals surface area contributed by atoms with Crippen LogP contribution in [0.2, 0.25) is 5.02 Å². The molecule has 0 N–H and O–H groups in total. The molecule has 2 heterocycles. The average Bonchev–Trinajstić information content (AvgIpc) is 2.76. The predicted molar refractivity (Wildman–Crippen MR) is 89.5 cm³/mol. The summed E-state index contributed by atoms with van der Waals surface area (Å²) in [5, 5.41) is -0.540. The molecule has 2 rings (SSSR count). The van der Waals surface area contributed by atoms with Crippen LogP contribution in [0.1, 0.15) is 44.6 Å². The summed E-state index contributed by atoms with van der Waals surface area (Å²) in [6.07, 6.45) is 1.04. The lowest BCUT2D eigenvalue weighted by atomic mass is 9.96. The van der Waals surface area contributed by atoms with Crippen LogP contribution >= 0.6 is 11.6 Å². The van der Waals surface area contributed by atoms with Crippen molar-refractivity contribution in [2.45, 2.75) is 51.7 Å². The van der Waals surface area contributed by atoms with Crippen LogP contribution in [0.25, 0.3) is 0 Å². The van der Waals surface area contributed by atoms with Crippen molar-refractivity contribution in [1.82, 2.24) is 9.47 Å². The van der Waals surface area contributed by atoms with Gasteiger partial charge in [0.25, 0.3) is 5.56 Å². The average molecular weight is 379 g/mol. The van der Waals surface area contributed by atoms with E-state index in [0.717, 1.165) is 36.7 Å². The highest BCUT2D eigenvalue weighted by Gasteiger charge is 2.32. The SMILES string of the molecule is CCC[C@H]1CCCN(C(=O)Cn2cc(C(F)(F)F)cc(Cl)c2=O)CC1. The fraction of sp³-hybridized carbons (Fsp3) is 0.647. The van der Waals surface area contributed by atoms with E-state index >= 15 is 0 Å². The van der Waals surface area contributed by atoms with Crippen LogP contribution in [0, 0.1) is 5.92 Å². The number of carbonyl (C=O) groups is 1. The number of rotatable bonds is 4. The van der Waals surface area contributed by atoms with Crippen molar-refractivity contribution in [1.29, 1.82) is 0 Å². The molecule has 25 heavy (non-hydrogen) atoms. The van der Waals surface area contributed by atoms with Gasteiger partial charge in [-0.05, 0) is 31.2 Å². The highest BCUT2D eigenvalue weighted by atomic mass is 35.5. The Bertz CT molecular complexity index is 673. The monoisotopic (exact) mass is 378 g/mol. The molecule has 1 aliphatic heterocycles. The number of amides is 1. The molecule has 0 aliphatic carbocycles. The van der Waals surface area contributed by atoms with Crippen LogP contribution in [0.4, 0.5) is 13.2 Å². The largest absolute Gasteiger partial charge is 0.417 e. The first-order valence-electron chi connectivity index (χ1n) is 8.47. The smallest absolute Gasteiger partial charge is 0.341 e. The molecule has 1 saturated heterocycles. The first kappa shape index (κ1) is 19.8. The van der Waals surface area contributed by atoms with Gasteiger partial charge in [-0.25, -0.2) is 0 Å². The van der Waals surface area contributed by atoms with Crippen molar-refractivity contribution in [3.8, 4) is 0 Å². The molecule has 1 fully saturated rings. The van der Waals surface area contributed by atoms with Crippen LogP contribution in [0.3, 0.4) is 0 Å². The van der Waals surface area contributed by atoms with Gasteiger partial charge < -0.3 is 9.47 Å². The fourth-order valence-corrected chi connectivity index (χ4v) is 3.46. The molecule has 0 spiro atoms. The zero-order valence-electron chi connectivity index (χ0n) is 14.1. The first-order valence-corrected chi connectivity index (χ1v) is 8.85. The number of likely N-dealkylation sites (tertiary alicyclic amines) is 1. The van der Waals surface area contributed by atoms with E-state index in [4.69, 9.17) is 11.6 Å². The number of nitrogens with zero attached hydrogens (tertiary/aromatic N) is 2. The molecule has 8 heteroatoms. The third-order valence-corrected chi connectivity index (χ3v) is 4.84. The third-order valence-electron chi connectivity index (χ3n) is 4.57. The highest BCUT2D eigenvalue weighted by Crippen LogP contribution is 2.29. The van der Waals surface area contributed by atoms with Crippen molar-refractivity contribution >= 4 is 17.5 Å². The summed E-state index contributed by atoms with van der Waals surface area (Å²) in [5.74, 6) is 0.225. The Morgan fingerprint density at radius 3 is 2.68 bits per heavy atom. The predicted octanol–water partition coefficient (Wildman–Crippen LogP) is 3.95. The molecule has 1 aromatic heterocycles. The summed E-state index contributed by atoms with van der Waals surface area (Å²) >= 11 is 5.62. The number of pyridine rings is 1. The number of alkyl halides is 3. The Balaban J connectivity index is 2.12. The van der Waals surface area contributed by atoms with Gasteiger partial charge >= 0.3 is 6.18 Å². The topological polar surface area (TPSA) is 42.3 Å². The number of hydrogen-bond acceptors (Lipinski definition) is 2. The van der Waals surface area contributed by atoms with Gasteiger partial charge in [0.2, 0.25) is 5.91 Å². The van der Waals surface area contributed by atoms with Crippen molar-refractivity contribution in [2.75, 3.05) is 13.1 Å². The van der Waals surface area contributed by atoms with Crippen LogP contribution in [-0.4, -0.2) is 28.5 Å². The van der Waals surface area contributed by atoms with Gasteiger partial charge in [-0.2, -0.15) is 13.2 Å². The normalized spacial score (nSPS) is 18.9. The highest BCUT2D eigenvalue weighted by molar-refractivity contribution is 6.30. The maximum absolute atomic E-state index is 12.9. The number of halogens is 4. The molecule has 1 aliphatic rings. The van der Waals surface area contributed by atoms with Gasteiger partial charge in [-0.15, -0.1) is 0 Å². The second-order valence-corrected chi connectivity index (χ2v) is 6.88. The molecular formula is C17H22ClF3N2O2. The van der Waals surface area contributed by atoms with Crippen LogP contribution in [0.5, 0.6) is 0 Å². The Morgan fingerprint density at radius 2 is 2.04 bits per heavy atom. The van der Waals surface area contributed by atoms with Crippen molar-refractivity contribution in [2.24, 2.45) is 5.92 Å². The molecule has 1 amide bonds. The summed E-state index contributed by atoms with van der Waals surface area (Å²) in [6, 6.07) is 0.589. The van der Waals surface area contributed by atoms with E-state index in [1.54, 1.807) is 4.90 Å². The summed E-state index contributed by atoms with van der Waals surface area (Å²) in [7, 11) is 0. The second-order valence-electron chi connectivity index (χ2n) is 6.47. The molecule has 0 saturated carbocycles. The summed E-state index contributed by atoms with van der Waals surface area (Å²) in [6.45, 7) is 2.84. The molecule has 0 radical (unpaired) electrons. The van der Waals surface area contributed by atoms with Gasteiger partial charge in [0.05, 0.1) is 5.56 Å². The van der Waals surface area contributed by atoms with E-state index in [2.05, 4.69) is 6.92 Å². The van der Waals surface area contributed by atoms with E-state index in [1.807, 2.05) is 0 Å². The molecule has 0 bridgehead atoms. The van der Waals surface area contributed by atoms with Crippen molar-refractivity contribution in [3.63, 3.8) is 0 Å². The molecule has 0 aromatic carbocycles. The third kappa shape index (κ3) is 5.23. The van der Waals surface area contributed by atoms with E-state index in [9.17, 15) is 22.8 Å². The van der Waals surface area contributed by atoms with E-state index in [-0.39, 0.29) is 5.91 Å². The molecule has 4 nitrogen and oxygen atoms in total. The number of aromatic nitrogens is 1. The van der Waals surface area contributed by atoms with Crippen LogP contribution < -0.4 is 5.56 Å². The van der Waals surface area contributed by atoms with Crippen LogP contribution in [0.15, 0.2) is 17.1 Å². The first-order chi connectivity index (χ1) is 11.7. The lowest BCUT2D eigenvalue weighted by molar-refractivity contribution is -0.138. The Labute approximate surface area is 149 Å². The number of hydrogen-bond donors (Lipinski definition) is 0. The maximum atomic E-state index is 12.9. The number of carbonyl (C=O) groups excluding carboxylic acids is 1. The van der Waals surface area contributed by atoms with Crippen LogP contribution in [-0.2, 0) is 17.5 Å². The van der Waals surface area contributed by atoms with Gasteiger partial charge in [0, 0.05) is 19.3 Å². The Hall–Kier alpha value is -1.50. The van der Waals surface area contributed by atoms with E-state index in [0.29, 0.717) is 31.3 Å². The lowest BCUT2D eigenvalue weighted by Gasteiger charge is -2.21. The summed E-state index contributed by atoms with van der Waals surface area (Å²) in [4.78, 5) is 26.1. The Kier molecular flexibility index (Phi) is 6.54. The van der Waals surface area contributed by atoms with Gasteiger partial charge in [-0.1, -0.05) is 31.4 Å². The maximum Gasteiger partial charge on any atom is 0.417 e. The molecule has 0 unspecified atom stereocenters. The Morgan fingerprint density at radius 1 is 1.32 bits per heavy atom. The molecule has 1 aromatic rings. The fourth-order valence-electron chi connectivity index (χ4n) is 3.23.